The molecule has 2 aromatic rings. The molecule has 8 heteroatoms. The topological polar surface area (TPSA) is 96.5 Å². The highest BCUT2D eigenvalue weighted by molar-refractivity contribution is 8.00. The summed E-state index contributed by atoms with van der Waals surface area (Å²) in [5.41, 5.74) is 5.96. The van der Waals surface area contributed by atoms with Gasteiger partial charge < -0.3 is 4.74 Å². The number of rotatable bonds is 5. The van der Waals surface area contributed by atoms with Gasteiger partial charge in [-0.2, -0.15) is 0 Å². The molecule has 0 heterocycles. The van der Waals surface area contributed by atoms with Crippen LogP contribution in [0.25, 0.3) is 0 Å². The normalized spacial score (nSPS) is 10.8. The lowest BCUT2D eigenvalue weighted by Crippen LogP contribution is -2.42. The van der Waals surface area contributed by atoms with Crippen molar-refractivity contribution in [1.82, 2.24) is 10.9 Å². The van der Waals surface area contributed by atoms with Gasteiger partial charge in [-0.3, -0.25) is 25.8 Å². The highest BCUT2D eigenvalue weighted by atomic mass is 32.2. The fraction of sp³-hybridized carbons (Fsp3) is 0.286. The number of benzene rings is 2. The van der Waals surface area contributed by atoms with Crippen molar-refractivity contribution >= 4 is 35.4 Å². The van der Waals surface area contributed by atoms with Gasteiger partial charge in [0.1, 0.15) is 5.60 Å². The second-order valence-electron chi connectivity index (χ2n) is 7.31. The van der Waals surface area contributed by atoms with E-state index in [4.69, 9.17) is 4.74 Å². The molecule has 2 rings (SSSR count). The van der Waals surface area contributed by atoms with Crippen LogP contribution in [0.1, 0.15) is 36.7 Å². The molecule has 0 atom stereocenters. The van der Waals surface area contributed by atoms with E-state index in [0.29, 0.717) is 5.69 Å². The van der Waals surface area contributed by atoms with Crippen LogP contribution in [0.15, 0.2) is 53.4 Å². The number of hydrogen-bond acceptors (Lipinski definition) is 5. The van der Waals surface area contributed by atoms with Gasteiger partial charge in [0.05, 0.1) is 5.75 Å². The average Bonchev–Trinajstić information content (AvgIpc) is 2.64. The first-order valence-corrected chi connectivity index (χ1v) is 10.00. The van der Waals surface area contributed by atoms with E-state index in [9.17, 15) is 14.4 Å². The van der Waals surface area contributed by atoms with Crippen molar-refractivity contribution in [2.45, 2.75) is 38.2 Å². The zero-order valence-corrected chi connectivity index (χ0v) is 17.7. The van der Waals surface area contributed by atoms with Crippen LogP contribution in [0.4, 0.5) is 10.5 Å². The Labute approximate surface area is 174 Å². The van der Waals surface area contributed by atoms with Gasteiger partial charge in [0.15, 0.2) is 0 Å². The van der Waals surface area contributed by atoms with Gasteiger partial charge in [-0.05, 0) is 58.0 Å². The van der Waals surface area contributed by atoms with E-state index in [1.54, 1.807) is 39.0 Å². The summed E-state index contributed by atoms with van der Waals surface area (Å²) in [6.45, 7) is 7.28. The third kappa shape index (κ3) is 8.27. The fourth-order valence-corrected chi connectivity index (χ4v) is 2.88. The SMILES string of the molecule is Cc1ccc(SCC(=O)NNC(=O)c2cccc(NC(=O)OC(C)(C)C)c2)cc1. The van der Waals surface area contributed by atoms with E-state index >= 15 is 0 Å². The summed E-state index contributed by atoms with van der Waals surface area (Å²) in [5.74, 6) is -0.651. The largest absolute Gasteiger partial charge is 0.444 e. The molecule has 3 N–H and O–H groups in total. The van der Waals surface area contributed by atoms with Crippen LogP contribution in [0.3, 0.4) is 0 Å². The predicted molar refractivity (Wildman–Crippen MR) is 114 cm³/mol. The number of carbonyl (C=O) groups excluding carboxylic acids is 3. The number of hydrogen-bond donors (Lipinski definition) is 3. The van der Waals surface area contributed by atoms with E-state index in [1.807, 2.05) is 31.2 Å². The van der Waals surface area contributed by atoms with Crippen molar-refractivity contribution < 1.29 is 19.1 Å². The van der Waals surface area contributed by atoms with E-state index in [1.165, 1.54) is 17.8 Å². The molecule has 0 aliphatic carbocycles. The molecule has 154 valence electrons. The Morgan fingerprint density at radius 3 is 2.34 bits per heavy atom. The summed E-state index contributed by atoms with van der Waals surface area (Å²) in [6, 6.07) is 14.1. The van der Waals surface area contributed by atoms with E-state index in [-0.39, 0.29) is 17.2 Å². The quantitative estimate of drug-likeness (QED) is 0.508. The molecule has 0 aromatic heterocycles. The zero-order chi connectivity index (χ0) is 21.4. The second-order valence-corrected chi connectivity index (χ2v) is 8.36. The zero-order valence-electron chi connectivity index (χ0n) is 16.9. The minimum Gasteiger partial charge on any atom is -0.444 e. The molecule has 0 spiro atoms. The van der Waals surface area contributed by atoms with Gasteiger partial charge in [-0.1, -0.05) is 23.8 Å². The molecule has 0 unspecified atom stereocenters. The maximum absolute atomic E-state index is 12.3. The van der Waals surface area contributed by atoms with Crippen LogP contribution in [0.5, 0.6) is 0 Å². The molecule has 3 amide bonds. The molecule has 0 fully saturated rings. The molecule has 0 saturated carbocycles. The van der Waals surface area contributed by atoms with Crippen molar-refractivity contribution in [1.29, 1.82) is 0 Å². The van der Waals surface area contributed by atoms with Gasteiger partial charge in [-0.15, -0.1) is 11.8 Å². The van der Waals surface area contributed by atoms with Crippen LogP contribution < -0.4 is 16.2 Å². The number of hydrazine groups is 1. The number of aryl methyl sites for hydroxylation is 1. The minimum atomic E-state index is -0.625. The third-order valence-electron chi connectivity index (χ3n) is 3.48. The standard InChI is InChI=1S/C21H25N3O4S/c1-14-8-10-17(11-9-14)29-13-18(25)23-24-19(26)15-6-5-7-16(12-15)22-20(27)28-21(2,3)4/h5-12H,13H2,1-4H3,(H,22,27)(H,23,25)(H,24,26). The molecule has 0 saturated heterocycles. The summed E-state index contributed by atoms with van der Waals surface area (Å²) in [5, 5.41) is 2.57. The first-order chi connectivity index (χ1) is 13.6. The molecule has 0 bridgehead atoms. The highest BCUT2D eigenvalue weighted by Gasteiger charge is 2.16. The summed E-state index contributed by atoms with van der Waals surface area (Å²) < 4.78 is 5.18. The summed E-state index contributed by atoms with van der Waals surface area (Å²) in [6.07, 6.45) is -0.614. The van der Waals surface area contributed by atoms with Crippen LogP contribution >= 0.6 is 11.8 Å². The molecular formula is C21H25N3O4S. The summed E-state index contributed by atoms with van der Waals surface area (Å²) in [7, 11) is 0. The Balaban J connectivity index is 1.83. The van der Waals surface area contributed by atoms with Crippen molar-refractivity contribution in [2.75, 3.05) is 11.1 Å². The van der Waals surface area contributed by atoms with Gasteiger partial charge >= 0.3 is 6.09 Å². The Bertz CT molecular complexity index is 876. The highest BCUT2D eigenvalue weighted by Crippen LogP contribution is 2.17. The van der Waals surface area contributed by atoms with Crippen LogP contribution in [-0.4, -0.2) is 29.3 Å². The van der Waals surface area contributed by atoms with E-state index < -0.39 is 17.6 Å². The van der Waals surface area contributed by atoms with E-state index in [0.717, 1.165) is 10.5 Å². The number of nitrogens with one attached hydrogen (secondary N) is 3. The van der Waals surface area contributed by atoms with Crippen molar-refractivity contribution in [3.05, 3.63) is 59.7 Å². The van der Waals surface area contributed by atoms with Crippen LogP contribution in [0, 0.1) is 6.92 Å². The molecule has 2 aromatic carbocycles. The number of anilines is 1. The van der Waals surface area contributed by atoms with Crippen molar-refractivity contribution in [3.63, 3.8) is 0 Å². The first kappa shape index (κ1) is 22.3. The monoisotopic (exact) mass is 415 g/mol. The average molecular weight is 416 g/mol. The van der Waals surface area contributed by atoms with Gasteiger partial charge in [0.2, 0.25) is 5.91 Å². The molecule has 0 radical (unpaired) electrons. The minimum absolute atomic E-state index is 0.170. The second kappa shape index (κ2) is 9.97. The van der Waals surface area contributed by atoms with Gasteiger partial charge in [0.25, 0.3) is 5.91 Å². The Morgan fingerprint density at radius 2 is 1.69 bits per heavy atom. The van der Waals surface area contributed by atoms with E-state index in [2.05, 4.69) is 16.2 Å². The lowest BCUT2D eigenvalue weighted by atomic mass is 10.2. The lowest BCUT2D eigenvalue weighted by molar-refractivity contribution is -0.119. The molecule has 29 heavy (non-hydrogen) atoms. The van der Waals surface area contributed by atoms with Crippen LogP contribution in [-0.2, 0) is 9.53 Å². The Morgan fingerprint density at radius 1 is 1.00 bits per heavy atom. The molecule has 0 aliphatic heterocycles. The van der Waals surface area contributed by atoms with Crippen LogP contribution in [0.2, 0.25) is 0 Å². The number of carbonyl (C=O) groups is 3. The van der Waals surface area contributed by atoms with Gasteiger partial charge in [0, 0.05) is 16.1 Å². The molecule has 7 nitrogen and oxygen atoms in total. The Kier molecular flexibility index (Phi) is 7.67. The number of ether oxygens (including phenoxy) is 1. The number of thioether (sulfide) groups is 1. The molecular weight excluding hydrogens is 390 g/mol. The maximum Gasteiger partial charge on any atom is 0.412 e. The molecule has 0 aliphatic rings. The summed E-state index contributed by atoms with van der Waals surface area (Å²) >= 11 is 1.37. The smallest absolute Gasteiger partial charge is 0.412 e. The third-order valence-corrected chi connectivity index (χ3v) is 4.49. The van der Waals surface area contributed by atoms with Gasteiger partial charge in [-0.25, -0.2) is 4.79 Å². The maximum atomic E-state index is 12.3. The lowest BCUT2D eigenvalue weighted by Gasteiger charge is -2.19. The predicted octanol–water partition coefficient (Wildman–Crippen LogP) is 3.90. The Hall–Kier alpha value is -3.00. The number of amides is 3. The first-order valence-electron chi connectivity index (χ1n) is 9.01. The fourth-order valence-electron chi connectivity index (χ4n) is 2.18. The van der Waals surface area contributed by atoms with Crippen molar-refractivity contribution in [3.8, 4) is 0 Å². The van der Waals surface area contributed by atoms with Crippen molar-refractivity contribution in [2.24, 2.45) is 0 Å². The summed E-state index contributed by atoms with van der Waals surface area (Å²) in [4.78, 5) is 37.0.